The van der Waals surface area contributed by atoms with Crippen LogP contribution in [0.1, 0.15) is 10.4 Å². The number of carbonyl (C=O) groups excluding carboxylic acids is 1. The fourth-order valence-corrected chi connectivity index (χ4v) is 1.23. The quantitative estimate of drug-likeness (QED) is 0.662. The highest BCUT2D eigenvalue weighted by Crippen LogP contribution is 2.22. The van der Waals surface area contributed by atoms with E-state index in [2.05, 4.69) is 8.93 Å². The molecule has 0 saturated carbocycles. The summed E-state index contributed by atoms with van der Waals surface area (Å²) in [4.78, 5) is 11.0. The number of benzene rings is 1. The van der Waals surface area contributed by atoms with Gasteiger partial charge in [-0.1, -0.05) is 27.1 Å². The molecule has 2 unspecified atom stereocenters. The fourth-order valence-electron chi connectivity index (χ4n) is 0.687. The minimum absolute atomic E-state index is 0.131. The number of hydrogen-bond donors (Lipinski definition) is 0. The van der Waals surface area contributed by atoms with Gasteiger partial charge in [-0.05, 0) is 12.1 Å². The zero-order chi connectivity index (χ0) is 8.10. The van der Waals surface area contributed by atoms with Crippen LogP contribution in [0.5, 0.6) is 0 Å². The van der Waals surface area contributed by atoms with Gasteiger partial charge in [-0.25, -0.2) is 4.79 Å². The number of carbonyl (C=O) groups is 1. The lowest BCUT2D eigenvalue weighted by molar-refractivity contribution is 0.0764. The molecule has 0 spiro atoms. The van der Waals surface area contributed by atoms with Crippen LogP contribution in [-0.4, -0.2) is 5.97 Å². The van der Waals surface area contributed by atoms with E-state index in [4.69, 9.17) is 4.52 Å². The van der Waals surface area contributed by atoms with Crippen molar-refractivity contribution in [2.45, 2.75) is 0 Å². The molecule has 0 aliphatic rings. The molecule has 1 aromatic rings. The van der Waals surface area contributed by atoms with Gasteiger partial charge in [-0.3, -0.25) is 0 Å². The van der Waals surface area contributed by atoms with E-state index in [0.717, 1.165) is 0 Å². The van der Waals surface area contributed by atoms with Crippen molar-refractivity contribution in [2.75, 3.05) is 0 Å². The largest absolute Gasteiger partial charge is 0.441 e. The van der Waals surface area contributed by atoms with Gasteiger partial charge >= 0.3 is 5.97 Å². The van der Waals surface area contributed by atoms with Crippen LogP contribution in [0, 0.1) is 0 Å². The van der Waals surface area contributed by atoms with Crippen molar-refractivity contribution in [3.63, 3.8) is 0 Å². The molecule has 58 valence electrons. The first kappa shape index (κ1) is 8.64. The van der Waals surface area contributed by atoms with Crippen molar-refractivity contribution >= 4 is 23.4 Å². The van der Waals surface area contributed by atoms with Gasteiger partial charge in [0.05, 0.1) is 14.1 Å². The topological polar surface area (TPSA) is 26.3 Å². The first-order valence-corrected chi connectivity index (χ1v) is 5.78. The van der Waals surface area contributed by atoms with Crippen molar-refractivity contribution in [3.05, 3.63) is 35.9 Å². The Morgan fingerprint density at radius 1 is 1.36 bits per heavy atom. The maximum Gasteiger partial charge on any atom is 0.340 e. The maximum atomic E-state index is 11.0. The summed E-state index contributed by atoms with van der Waals surface area (Å²) in [6, 6.07) is 8.94. The Balaban J connectivity index is 2.69. The van der Waals surface area contributed by atoms with Crippen molar-refractivity contribution in [2.24, 2.45) is 0 Å². The third-order valence-electron chi connectivity index (χ3n) is 1.16. The van der Waals surface area contributed by atoms with E-state index in [-0.39, 0.29) is 14.5 Å². The monoisotopic (exact) mass is 186 g/mol. The molecule has 0 aromatic heterocycles. The predicted molar refractivity (Wildman–Crippen MR) is 49.9 cm³/mol. The molecular weight excluding hydrogens is 178 g/mol. The molecule has 0 N–H and O–H groups in total. The normalized spacial score (nSPS) is 10.3. The molecule has 0 radical (unpaired) electrons. The van der Waals surface area contributed by atoms with Crippen molar-refractivity contribution in [3.8, 4) is 0 Å². The summed E-state index contributed by atoms with van der Waals surface area (Å²) in [5.41, 5.74) is 0.599. The maximum absolute atomic E-state index is 11.0. The van der Waals surface area contributed by atoms with Crippen LogP contribution in [-0.2, 0) is 4.52 Å². The van der Waals surface area contributed by atoms with Gasteiger partial charge in [-0.2, -0.15) is 0 Å². The summed E-state index contributed by atoms with van der Waals surface area (Å²) in [7, 11) is 2.49. The molecule has 0 amide bonds. The molecule has 4 heteroatoms. The first-order valence-electron chi connectivity index (χ1n) is 3.06. The lowest BCUT2D eigenvalue weighted by atomic mass is 10.2. The van der Waals surface area contributed by atoms with E-state index in [0.29, 0.717) is 5.56 Å². The highest BCUT2D eigenvalue weighted by atomic mass is 32.0. The highest BCUT2D eigenvalue weighted by Gasteiger charge is 2.02. The minimum atomic E-state index is -0.265. The SMILES string of the molecule is O=C(OPP)c1ccccc1. The molecule has 0 saturated heterocycles. The molecule has 0 fully saturated rings. The van der Waals surface area contributed by atoms with Crippen LogP contribution in [0.3, 0.4) is 0 Å². The van der Waals surface area contributed by atoms with E-state index < -0.39 is 0 Å². The third-order valence-corrected chi connectivity index (χ3v) is 1.82. The van der Waals surface area contributed by atoms with E-state index >= 15 is 0 Å². The third kappa shape index (κ3) is 2.57. The second-order valence-corrected chi connectivity index (χ2v) is 3.02. The number of rotatable bonds is 2. The molecular formula is C7H8O2P2. The van der Waals surface area contributed by atoms with E-state index in [1.165, 1.54) is 0 Å². The fraction of sp³-hybridized carbons (Fsp3) is 0. The van der Waals surface area contributed by atoms with Gasteiger partial charge in [0.25, 0.3) is 0 Å². The highest BCUT2D eigenvalue weighted by molar-refractivity contribution is 8.00. The summed E-state index contributed by atoms with van der Waals surface area (Å²) in [5.74, 6) is -0.265. The Kier molecular flexibility index (Phi) is 3.48. The van der Waals surface area contributed by atoms with Crippen molar-refractivity contribution < 1.29 is 9.32 Å². The Hall–Kier alpha value is -0.450. The second-order valence-electron chi connectivity index (χ2n) is 1.87. The lowest BCUT2D eigenvalue weighted by Gasteiger charge is -1.98. The Bertz CT molecular complexity index is 235. The van der Waals surface area contributed by atoms with E-state index in [1.807, 2.05) is 18.2 Å². The van der Waals surface area contributed by atoms with Gasteiger partial charge in [0.2, 0.25) is 0 Å². The molecule has 2 nitrogen and oxygen atoms in total. The van der Waals surface area contributed by atoms with Crippen LogP contribution in [0.2, 0.25) is 0 Å². The molecule has 0 aliphatic carbocycles. The number of hydrogen-bond acceptors (Lipinski definition) is 2. The Morgan fingerprint density at radius 2 is 2.00 bits per heavy atom. The average molecular weight is 186 g/mol. The molecule has 1 aromatic carbocycles. The first-order chi connectivity index (χ1) is 5.34. The summed E-state index contributed by atoms with van der Waals surface area (Å²) in [6.45, 7) is 0. The molecule has 0 aliphatic heterocycles. The summed E-state index contributed by atoms with van der Waals surface area (Å²) in [6.07, 6.45) is 0. The van der Waals surface area contributed by atoms with Crippen molar-refractivity contribution in [1.82, 2.24) is 0 Å². The Labute approximate surface area is 69.3 Å². The molecule has 0 heterocycles. The van der Waals surface area contributed by atoms with Gasteiger partial charge in [0.15, 0.2) is 0 Å². The van der Waals surface area contributed by atoms with E-state index in [1.54, 1.807) is 12.1 Å². The Morgan fingerprint density at radius 3 is 2.55 bits per heavy atom. The summed E-state index contributed by atoms with van der Waals surface area (Å²) >= 11 is 0. The van der Waals surface area contributed by atoms with Crippen LogP contribution in [0.4, 0.5) is 0 Å². The average Bonchev–Trinajstić information content (AvgIpc) is 2.07. The van der Waals surface area contributed by atoms with Gasteiger partial charge < -0.3 is 4.52 Å². The van der Waals surface area contributed by atoms with Gasteiger partial charge in [-0.15, -0.1) is 0 Å². The van der Waals surface area contributed by atoms with Crippen LogP contribution >= 0.6 is 17.4 Å². The second kappa shape index (κ2) is 4.43. The van der Waals surface area contributed by atoms with Gasteiger partial charge in [0, 0.05) is 0 Å². The smallest absolute Gasteiger partial charge is 0.340 e. The van der Waals surface area contributed by atoms with Crippen LogP contribution in [0.25, 0.3) is 0 Å². The standard InChI is InChI=1S/C7H8O2P2/c8-7(9-11-10)6-4-2-1-3-5-6/h1-5,11H,10H2. The predicted octanol–water partition coefficient (Wildman–Crippen LogP) is 2.23. The molecule has 2 atom stereocenters. The molecule has 11 heavy (non-hydrogen) atoms. The van der Waals surface area contributed by atoms with Crippen LogP contribution in [0.15, 0.2) is 30.3 Å². The van der Waals surface area contributed by atoms with Crippen LogP contribution < -0.4 is 0 Å². The zero-order valence-corrected chi connectivity index (χ0v) is 7.94. The summed E-state index contributed by atoms with van der Waals surface area (Å²) < 4.78 is 4.78. The van der Waals surface area contributed by atoms with Gasteiger partial charge in [0.1, 0.15) is 0 Å². The lowest BCUT2D eigenvalue weighted by Crippen LogP contribution is -1.96. The summed E-state index contributed by atoms with van der Waals surface area (Å²) in [5, 5.41) is 0. The van der Waals surface area contributed by atoms with E-state index in [9.17, 15) is 4.79 Å². The molecule has 0 bridgehead atoms. The minimum Gasteiger partial charge on any atom is -0.441 e. The van der Waals surface area contributed by atoms with Crippen molar-refractivity contribution in [1.29, 1.82) is 0 Å². The zero-order valence-electron chi connectivity index (χ0n) is 5.78. The molecule has 1 rings (SSSR count).